The van der Waals surface area contributed by atoms with Crippen LogP contribution in [-0.2, 0) is 0 Å². The van der Waals surface area contributed by atoms with E-state index in [1.165, 1.54) is 5.39 Å². The fourth-order valence-electron chi connectivity index (χ4n) is 8.59. The van der Waals surface area contributed by atoms with Crippen LogP contribution in [0.15, 0.2) is 189 Å². The molecule has 0 atom stereocenters. The molecule has 3 aromatic heterocycles. The van der Waals surface area contributed by atoms with Crippen LogP contribution in [0.3, 0.4) is 0 Å². The minimum absolute atomic E-state index is 0.848. The minimum atomic E-state index is 0.848. The Morgan fingerprint density at radius 3 is 1.65 bits per heavy atom. The molecule has 0 unspecified atom stereocenters. The summed E-state index contributed by atoms with van der Waals surface area (Å²) in [5.41, 5.74) is 10.7. The van der Waals surface area contributed by atoms with E-state index in [4.69, 9.17) is 13.3 Å². The second-order valence-electron chi connectivity index (χ2n) is 14.0. The van der Waals surface area contributed by atoms with Crippen molar-refractivity contribution in [3.8, 4) is 11.1 Å². The molecule has 0 N–H and O–H groups in total. The molecule has 0 saturated carbocycles. The van der Waals surface area contributed by atoms with Crippen LogP contribution >= 0.6 is 0 Å². The molecule has 0 fully saturated rings. The summed E-state index contributed by atoms with van der Waals surface area (Å²) in [7, 11) is 0. The average molecular weight is 692 g/mol. The zero-order valence-corrected chi connectivity index (χ0v) is 28.9. The second-order valence-corrected chi connectivity index (χ2v) is 14.0. The number of para-hydroxylation sites is 1. The molecule has 0 amide bonds. The Kier molecular flexibility index (Phi) is 6.02. The van der Waals surface area contributed by atoms with E-state index in [0.29, 0.717) is 0 Å². The van der Waals surface area contributed by atoms with Crippen LogP contribution in [0.1, 0.15) is 0 Å². The highest BCUT2D eigenvalue weighted by atomic mass is 16.3. The van der Waals surface area contributed by atoms with Crippen LogP contribution in [0.5, 0.6) is 0 Å². The van der Waals surface area contributed by atoms with Gasteiger partial charge >= 0.3 is 0 Å². The van der Waals surface area contributed by atoms with Crippen LogP contribution in [0.4, 0.5) is 17.1 Å². The first-order chi connectivity index (χ1) is 26.8. The molecular weight excluding hydrogens is 663 g/mol. The van der Waals surface area contributed by atoms with Crippen molar-refractivity contribution >= 4 is 104 Å². The van der Waals surface area contributed by atoms with Gasteiger partial charge in [-0.2, -0.15) is 0 Å². The third kappa shape index (κ3) is 4.19. The highest BCUT2D eigenvalue weighted by Crippen LogP contribution is 2.46. The Morgan fingerprint density at radius 2 is 0.907 bits per heavy atom. The van der Waals surface area contributed by atoms with E-state index < -0.39 is 0 Å². The molecule has 4 heteroatoms. The molecule has 0 saturated heterocycles. The standard InChI is InChI=1S/C50H29NO3/c1-3-11-36-30(9-1)21-26-39-47-35(14-7-17-45(47)53-49(36)39)32-19-23-33(24-20-32)51(34-25-28-44-41(29-34)38-13-5-6-16-43(38)52-44)42-15-8-18-46-48(42)40-27-22-31-10-2-4-12-37(31)50(40)54-46/h1-29H. The molecule has 12 rings (SSSR count). The summed E-state index contributed by atoms with van der Waals surface area (Å²) in [5.74, 6) is 0. The fraction of sp³-hybridized carbons (Fsp3) is 0. The maximum absolute atomic E-state index is 6.67. The maximum Gasteiger partial charge on any atom is 0.143 e. The smallest absolute Gasteiger partial charge is 0.143 e. The number of anilines is 3. The molecule has 0 radical (unpaired) electrons. The Morgan fingerprint density at radius 1 is 0.333 bits per heavy atom. The van der Waals surface area contributed by atoms with Gasteiger partial charge in [0.25, 0.3) is 0 Å². The number of hydrogen-bond donors (Lipinski definition) is 0. The van der Waals surface area contributed by atoms with Gasteiger partial charge in [-0.05, 0) is 88.6 Å². The van der Waals surface area contributed by atoms with Crippen LogP contribution in [0.25, 0.3) is 98.5 Å². The number of nitrogens with zero attached hydrogens (tertiary/aromatic N) is 1. The first-order valence-electron chi connectivity index (χ1n) is 18.2. The average Bonchev–Trinajstić information content (AvgIpc) is 3.93. The summed E-state index contributed by atoms with van der Waals surface area (Å²) in [6.07, 6.45) is 0. The Bertz CT molecular complexity index is 3450. The van der Waals surface area contributed by atoms with Gasteiger partial charge in [0.1, 0.15) is 33.5 Å². The second kappa shape index (κ2) is 11.1. The number of benzene rings is 9. The van der Waals surface area contributed by atoms with Gasteiger partial charge < -0.3 is 18.2 Å². The largest absolute Gasteiger partial charge is 0.456 e. The van der Waals surface area contributed by atoms with Crippen molar-refractivity contribution in [1.29, 1.82) is 0 Å². The van der Waals surface area contributed by atoms with Crippen molar-refractivity contribution < 1.29 is 13.3 Å². The summed E-state index contributed by atoms with van der Waals surface area (Å²) >= 11 is 0. The molecule has 12 aromatic rings. The molecule has 0 aliphatic carbocycles. The molecule has 0 aliphatic heterocycles. The van der Waals surface area contributed by atoms with E-state index in [1.54, 1.807) is 0 Å². The van der Waals surface area contributed by atoms with E-state index in [1.807, 2.05) is 12.1 Å². The first kappa shape index (κ1) is 29.3. The summed E-state index contributed by atoms with van der Waals surface area (Å²) in [4.78, 5) is 2.34. The summed E-state index contributed by atoms with van der Waals surface area (Å²) < 4.78 is 19.5. The molecule has 3 heterocycles. The van der Waals surface area contributed by atoms with E-state index >= 15 is 0 Å². The maximum atomic E-state index is 6.67. The first-order valence-corrected chi connectivity index (χ1v) is 18.2. The predicted molar refractivity (Wildman–Crippen MR) is 223 cm³/mol. The monoisotopic (exact) mass is 691 g/mol. The van der Waals surface area contributed by atoms with Gasteiger partial charge in [-0.25, -0.2) is 0 Å². The van der Waals surface area contributed by atoms with Gasteiger partial charge in [-0.15, -0.1) is 0 Å². The molecule has 252 valence electrons. The van der Waals surface area contributed by atoms with E-state index in [9.17, 15) is 0 Å². The van der Waals surface area contributed by atoms with Crippen molar-refractivity contribution in [2.75, 3.05) is 4.90 Å². The highest BCUT2D eigenvalue weighted by molar-refractivity contribution is 6.21. The van der Waals surface area contributed by atoms with Gasteiger partial charge in [0, 0.05) is 49.1 Å². The molecular formula is C50H29NO3. The molecule has 54 heavy (non-hydrogen) atoms. The fourth-order valence-corrected chi connectivity index (χ4v) is 8.59. The lowest BCUT2D eigenvalue weighted by atomic mass is 9.97. The van der Waals surface area contributed by atoms with Crippen LogP contribution in [-0.4, -0.2) is 0 Å². The van der Waals surface area contributed by atoms with Crippen molar-refractivity contribution in [2.24, 2.45) is 0 Å². The minimum Gasteiger partial charge on any atom is -0.456 e. The Hall–Kier alpha value is -7.30. The number of hydrogen-bond acceptors (Lipinski definition) is 4. The van der Waals surface area contributed by atoms with Crippen molar-refractivity contribution in [3.63, 3.8) is 0 Å². The van der Waals surface area contributed by atoms with Gasteiger partial charge in [-0.3, -0.25) is 0 Å². The van der Waals surface area contributed by atoms with Gasteiger partial charge in [0.2, 0.25) is 0 Å². The zero-order valence-electron chi connectivity index (χ0n) is 28.9. The number of rotatable bonds is 4. The Balaban J connectivity index is 1.08. The molecule has 4 nitrogen and oxygen atoms in total. The summed E-state index contributed by atoms with van der Waals surface area (Å²) in [6.45, 7) is 0. The molecule has 9 aromatic carbocycles. The van der Waals surface area contributed by atoms with Crippen molar-refractivity contribution in [2.45, 2.75) is 0 Å². The normalized spacial score (nSPS) is 12.1. The SMILES string of the molecule is c1ccc2c(c1)ccc1c2oc2cccc(-c3ccc(N(c4ccc5oc6ccccc6c5c4)c4cccc5oc6c7ccccc7ccc6c45)cc3)c21. The third-order valence-corrected chi connectivity index (χ3v) is 11.0. The highest BCUT2D eigenvalue weighted by Gasteiger charge is 2.22. The van der Waals surface area contributed by atoms with Crippen LogP contribution in [0.2, 0.25) is 0 Å². The number of fused-ring (bicyclic) bond motifs is 13. The van der Waals surface area contributed by atoms with Gasteiger partial charge in [-0.1, -0.05) is 109 Å². The third-order valence-electron chi connectivity index (χ3n) is 11.0. The Labute approximate surface area is 308 Å². The summed E-state index contributed by atoms with van der Waals surface area (Å²) in [5, 5.41) is 11.1. The topological polar surface area (TPSA) is 42.7 Å². The van der Waals surface area contributed by atoms with E-state index in [-0.39, 0.29) is 0 Å². The van der Waals surface area contributed by atoms with Gasteiger partial charge in [0.05, 0.1) is 11.1 Å². The number of furan rings is 3. The molecule has 0 bridgehead atoms. The van der Waals surface area contributed by atoms with Crippen LogP contribution in [0, 0.1) is 0 Å². The molecule has 0 aliphatic rings. The quantitative estimate of drug-likeness (QED) is 0.184. The van der Waals surface area contributed by atoms with E-state index in [0.717, 1.165) is 110 Å². The predicted octanol–water partition coefficient (Wildman–Crippen LogP) is 14.8. The lowest BCUT2D eigenvalue weighted by molar-refractivity contribution is 0.669. The van der Waals surface area contributed by atoms with E-state index in [2.05, 4.69) is 169 Å². The van der Waals surface area contributed by atoms with Crippen molar-refractivity contribution in [1.82, 2.24) is 0 Å². The van der Waals surface area contributed by atoms with Gasteiger partial charge in [0.15, 0.2) is 0 Å². The summed E-state index contributed by atoms with van der Waals surface area (Å²) in [6, 6.07) is 61.9. The molecule has 0 spiro atoms. The van der Waals surface area contributed by atoms with Crippen molar-refractivity contribution in [3.05, 3.63) is 176 Å². The lowest BCUT2D eigenvalue weighted by Crippen LogP contribution is -2.10. The lowest BCUT2D eigenvalue weighted by Gasteiger charge is -2.26. The zero-order chi connectivity index (χ0) is 35.3. The van der Waals surface area contributed by atoms with Crippen LogP contribution < -0.4 is 4.90 Å².